The molecular weight excluding hydrogens is 304 g/mol. The van der Waals surface area contributed by atoms with Crippen molar-refractivity contribution in [2.75, 3.05) is 19.5 Å². The second kappa shape index (κ2) is 8.36. The molecule has 2 rings (SSSR count). The fourth-order valence-electron chi connectivity index (χ4n) is 2.45. The summed E-state index contributed by atoms with van der Waals surface area (Å²) in [4.78, 5) is 12.4. The fraction of sp³-hybridized carbons (Fsp3) is 0.316. The Morgan fingerprint density at radius 2 is 1.62 bits per heavy atom. The van der Waals surface area contributed by atoms with E-state index < -0.39 is 0 Å². The monoisotopic (exact) mass is 328 g/mol. The van der Waals surface area contributed by atoms with Crippen molar-refractivity contribution in [3.63, 3.8) is 0 Å². The first-order valence-corrected chi connectivity index (χ1v) is 7.89. The van der Waals surface area contributed by atoms with Crippen molar-refractivity contribution in [3.05, 3.63) is 54.1 Å². The predicted molar refractivity (Wildman–Crippen MR) is 95.6 cm³/mol. The topological polar surface area (TPSA) is 59.6 Å². The van der Waals surface area contributed by atoms with Gasteiger partial charge in [0.05, 0.1) is 20.3 Å². The molecule has 0 radical (unpaired) electrons. The smallest absolute Gasteiger partial charge is 0.241 e. The van der Waals surface area contributed by atoms with Gasteiger partial charge in [0.2, 0.25) is 5.91 Å². The number of methoxy groups -OCH3 is 2. The first kappa shape index (κ1) is 17.8. The normalized spacial score (nSPS) is 13.0. The van der Waals surface area contributed by atoms with Gasteiger partial charge in [-0.05, 0) is 31.5 Å². The summed E-state index contributed by atoms with van der Waals surface area (Å²) < 4.78 is 10.4. The molecule has 0 heterocycles. The molecule has 0 saturated heterocycles. The molecule has 0 fully saturated rings. The van der Waals surface area contributed by atoms with Gasteiger partial charge in [0.25, 0.3) is 0 Å². The zero-order chi connectivity index (χ0) is 17.5. The van der Waals surface area contributed by atoms with Crippen molar-refractivity contribution < 1.29 is 14.3 Å². The van der Waals surface area contributed by atoms with Gasteiger partial charge in [0.1, 0.15) is 0 Å². The summed E-state index contributed by atoms with van der Waals surface area (Å²) in [6.07, 6.45) is 0. The minimum atomic E-state index is -0.340. The fourth-order valence-corrected chi connectivity index (χ4v) is 2.45. The summed E-state index contributed by atoms with van der Waals surface area (Å²) in [6.45, 7) is 3.88. The first-order chi connectivity index (χ1) is 11.5. The Labute approximate surface area is 143 Å². The number of hydrogen-bond donors (Lipinski definition) is 2. The molecule has 5 heteroatoms. The molecule has 0 saturated carbocycles. The van der Waals surface area contributed by atoms with E-state index in [0.29, 0.717) is 17.2 Å². The highest BCUT2D eigenvalue weighted by molar-refractivity contribution is 5.94. The Balaban J connectivity index is 1.99. The maximum atomic E-state index is 12.4. The van der Waals surface area contributed by atoms with Crippen LogP contribution in [-0.4, -0.2) is 26.2 Å². The Morgan fingerprint density at radius 3 is 2.25 bits per heavy atom. The van der Waals surface area contributed by atoms with Gasteiger partial charge >= 0.3 is 0 Å². The van der Waals surface area contributed by atoms with Crippen molar-refractivity contribution in [2.24, 2.45) is 0 Å². The van der Waals surface area contributed by atoms with E-state index in [0.717, 1.165) is 5.56 Å². The second-order valence-electron chi connectivity index (χ2n) is 5.58. The van der Waals surface area contributed by atoms with E-state index >= 15 is 0 Å². The molecule has 2 aromatic carbocycles. The van der Waals surface area contributed by atoms with Gasteiger partial charge in [-0.15, -0.1) is 0 Å². The van der Waals surface area contributed by atoms with Crippen LogP contribution < -0.4 is 20.1 Å². The maximum Gasteiger partial charge on any atom is 0.241 e. The third kappa shape index (κ3) is 4.49. The van der Waals surface area contributed by atoms with E-state index in [1.807, 2.05) is 44.2 Å². The minimum absolute atomic E-state index is 0.0809. The molecule has 1 amide bonds. The number of nitrogens with one attached hydrogen (secondary N) is 2. The summed E-state index contributed by atoms with van der Waals surface area (Å²) in [5, 5.41) is 6.19. The third-order valence-electron chi connectivity index (χ3n) is 3.84. The van der Waals surface area contributed by atoms with Crippen molar-refractivity contribution in [1.29, 1.82) is 0 Å². The van der Waals surface area contributed by atoms with Crippen molar-refractivity contribution in [2.45, 2.75) is 25.9 Å². The molecule has 0 aromatic heterocycles. The van der Waals surface area contributed by atoms with Crippen LogP contribution in [0.5, 0.6) is 11.5 Å². The van der Waals surface area contributed by atoms with Crippen LogP contribution in [0, 0.1) is 0 Å². The highest BCUT2D eigenvalue weighted by Gasteiger charge is 2.17. The summed E-state index contributed by atoms with van der Waals surface area (Å²) in [7, 11) is 3.14. The van der Waals surface area contributed by atoms with Gasteiger partial charge in [-0.1, -0.05) is 30.3 Å². The molecule has 0 aliphatic carbocycles. The highest BCUT2D eigenvalue weighted by atomic mass is 16.5. The molecule has 5 nitrogen and oxygen atoms in total. The molecular formula is C19H24N2O3. The minimum Gasteiger partial charge on any atom is -0.493 e. The Morgan fingerprint density at radius 1 is 0.958 bits per heavy atom. The molecule has 2 aromatic rings. The van der Waals surface area contributed by atoms with Crippen LogP contribution in [-0.2, 0) is 4.79 Å². The average molecular weight is 328 g/mol. The van der Waals surface area contributed by atoms with Gasteiger partial charge in [0.15, 0.2) is 11.5 Å². The zero-order valence-corrected chi connectivity index (χ0v) is 14.5. The molecule has 0 spiro atoms. The highest BCUT2D eigenvalue weighted by Crippen LogP contribution is 2.29. The maximum absolute atomic E-state index is 12.4. The van der Waals surface area contributed by atoms with Crippen LogP contribution in [0.1, 0.15) is 25.5 Å². The van der Waals surface area contributed by atoms with Crippen LogP contribution in [0.4, 0.5) is 5.69 Å². The van der Waals surface area contributed by atoms with Crippen molar-refractivity contribution in [3.8, 4) is 11.5 Å². The molecule has 2 atom stereocenters. The number of anilines is 1. The van der Waals surface area contributed by atoms with Crippen LogP contribution in [0.3, 0.4) is 0 Å². The lowest BCUT2D eigenvalue weighted by molar-refractivity contribution is -0.117. The summed E-state index contributed by atoms with van der Waals surface area (Å²) >= 11 is 0. The van der Waals surface area contributed by atoms with Crippen LogP contribution >= 0.6 is 0 Å². The number of carbonyl (C=O) groups is 1. The van der Waals surface area contributed by atoms with Crippen LogP contribution in [0.15, 0.2) is 48.5 Å². The molecule has 0 bridgehead atoms. The number of hydrogen-bond acceptors (Lipinski definition) is 4. The number of benzene rings is 2. The number of ether oxygens (including phenoxy) is 2. The summed E-state index contributed by atoms with van der Waals surface area (Å²) in [5.74, 6) is 1.10. The Hall–Kier alpha value is -2.53. The lowest BCUT2D eigenvalue weighted by Crippen LogP contribution is -2.39. The first-order valence-electron chi connectivity index (χ1n) is 7.89. The van der Waals surface area contributed by atoms with E-state index in [-0.39, 0.29) is 18.0 Å². The number of carbonyl (C=O) groups excluding carboxylic acids is 1. The van der Waals surface area contributed by atoms with E-state index in [1.165, 1.54) is 0 Å². The quantitative estimate of drug-likeness (QED) is 0.818. The standard InChI is InChI=1S/C19H24N2O3/c1-13(15-8-6-5-7-9-15)20-14(2)19(22)21-16-10-11-17(23-3)18(12-16)24-4/h5-14,20H,1-4H3,(H,21,22)/t13-,14+/m1/s1. The van der Waals surface area contributed by atoms with E-state index in [1.54, 1.807) is 32.4 Å². The molecule has 0 aliphatic heterocycles. The molecule has 128 valence electrons. The third-order valence-corrected chi connectivity index (χ3v) is 3.84. The molecule has 24 heavy (non-hydrogen) atoms. The van der Waals surface area contributed by atoms with Crippen LogP contribution in [0.2, 0.25) is 0 Å². The van der Waals surface area contributed by atoms with E-state index in [2.05, 4.69) is 10.6 Å². The molecule has 0 aliphatic rings. The lowest BCUT2D eigenvalue weighted by Gasteiger charge is -2.20. The van der Waals surface area contributed by atoms with E-state index in [9.17, 15) is 4.79 Å². The van der Waals surface area contributed by atoms with Gasteiger partial charge in [0, 0.05) is 17.8 Å². The van der Waals surface area contributed by atoms with Gasteiger partial charge in [-0.2, -0.15) is 0 Å². The number of amides is 1. The van der Waals surface area contributed by atoms with Crippen LogP contribution in [0.25, 0.3) is 0 Å². The predicted octanol–water partition coefficient (Wildman–Crippen LogP) is 3.38. The van der Waals surface area contributed by atoms with E-state index in [4.69, 9.17) is 9.47 Å². The van der Waals surface area contributed by atoms with Gasteiger partial charge in [-0.3, -0.25) is 10.1 Å². The van der Waals surface area contributed by atoms with Gasteiger partial charge in [-0.25, -0.2) is 0 Å². The summed E-state index contributed by atoms with van der Waals surface area (Å²) in [6, 6.07) is 15.1. The summed E-state index contributed by atoms with van der Waals surface area (Å²) in [5.41, 5.74) is 1.81. The molecule has 0 unspecified atom stereocenters. The lowest BCUT2D eigenvalue weighted by atomic mass is 10.1. The largest absolute Gasteiger partial charge is 0.493 e. The van der Waals surface area contributed by atoms with Gasteiger partial charge < -0.3 is 14.8 Å². The SMILES string of the molecule is COc1ccc(NC(=O)[C@H](C)N[C@H](C)c2ccccc2)cc1OC. The second-order valence-corrected chi connectivity index (χ2v) is 5.58. The Bertz CT molecular complexity index is 674. The van der Waals surface area contributed by atoms with Crippen molar-refractivity contribution >= 4 is 11.6 Å². The van der Waals surface area contributed by atoms with Crippen molar-refractivity contribution in [1.82, 2.24) is 5.32 Å². The Kier molecular flexibility index (Phi) is 6.21. The number of rotatable bonds is 7. The molecule has 2 N–H and O–H groups in total. The average Bonchev–Trinajstić information content (AvgIpc) is 2.62. The zero-order valence-electron chi connectivity index (χ0n) is 14.5.